The highest BCUT2D eigenvalue weighted by molar-refractivity contribution is 9.10. The lowest BCUT2D eigenvalue weighted by molar-refractivity contribution is -0.134. The molecule has 1 saturated heterocycles. The summed E-state index contributed by atoms with van der Waals surface area (Å²) < 4.78 is 6.65. The van der Waals surface area contributed by atoms with Crippen LogP contribution in [0.3, 0.4) is 0 Å². The fourth-order valence-electron chi connectivity index (χ4n) is 2.61. The van der Waals surface area contributed by atoms with Crippen LogP contribution in [0.1, 0.15) is 30.1 Å². The van der Waals surface area contributed by atoms with E-state index < -0.39 is 0 Å². The Kier molecular flexibility index (Phi) is 2.93. The van der Waals surface area contributed by atoms with E-state index in [2.05, 4.69) is 21.2 Å². The fraction of sp³-hybridized carbons (Fsp3) is 0.286. The first-order chi connectivity index (χ1) is 9.06. The molecule has 1 fully saturated rings. The van der Waals surface area contributed by atoms with Crippen molar-refractivity contribution >= 4 is 38.7 Å². The van der Waals surface area contributed by atoms with Gasteiger partial charge in [0, 0.05) is 21.8 Å². The first-order valence-corrected chi connectivity index (χ1v) is 6.88. The van der Waals surface area contributed by atoms with E-state index in [0.717, 1.165) is 26.8 Å². The van der Waals surface area contributed by atoms with E-state index in [4.69, 9.17) is 4.42 Å². The van der Waals surface area contributed by atoms with Crippen LogP contribution >= 0.6 is 15.9 Å². The number of carbonyl (C=O) groups excluding carboxylic acids is 2. The number of carbonyl (C=O) groups is 2. The van der Waals surface area contributed by atoms with Crippen molar-refractivity contribution in [2.45, 2.75) is 25.7 Å². The molecule has 1 aliphatic rings. The number of hydrogen-bond donors (Lipinski definition) is 1. The van der Waals surface area contributed by atoms with E-state index in [1.165, 1.54) is 0 Å². The monoisotopic (exact) mass is 321 g/mol. The molecule has 1 aromatic heterocycles. The average molecular weight is 322 g/mol. The molecule has 5 heteroatoms. The number of piperidine rings is 1. The zero-order chi connectivity index (χ0) is 13.6. The van der Waals surface area contributed by atoms with Crippen LogP contribution in [0.4, 0.5) is 0 Å². The largest absolute Gasteiger partial charge is 0.461 e. The van der Waals surface area contributed by atoms with E-state index >= 15 is 0 Å². The number of imide groups is 1. The quantitative estimate of drug-likeness (QED) is 0.821. The minimum atomic E-state index is -0.305. The van der Waals surface area contributed by atoms with Gasteiger partial charge in [-0.2, -0.15) is 0 Å². The van der Waals surface area contributed by atoms with Crippen molar-refractivity contribution in [1.82, 2.24) is 5.32 Å². The Morgan fingerprint density at radius 1 is 1.37 bits per heavy atom. The van der Waals surface area contributed by atoms with Crippen LogP contribution in [0.15, 0.2) is 27.1 Å². The molecule has 0 spiro atoms. The molecule has 1 aliphatic heterocycles. The van der Waals surface area contributed by atoms with Crippen LogP contribution in [0.5, 0.6) is 0 Å². The summed E-state index contributed by atoms with van der Waals surface area (Å²) >= 11 is 3.40. The number of fused-ring (bicyclic) bond motifs is 1. The van der Waals surface area contributed by atoms with Crippen LogP contribution in [0.25, 0.3) is 11.0 Å². The van der Waals surface area contributed by atoms with Crippen molar-refractivity contribution < 1.29 is 14.0 Å². The summed E-state index contributed by atoms with van der Waals surface area (Å²) in [6.45, 7) is 1.85. The van der Waals surface area contributed by atoms with E-state index in [1.54, 1.807) is 0 Å². The van der Waals surface area contributed by atoms with E-state index in [1.807, 2.05) is 25.1 Å². The first kappa shape index (κ1) is 12.4. The minimum Gasteiger partial charge on any atom is -0.461 e. The van der Waals surface area contributed by atoms with Crippen LogP contribution in [-0.2, 0) is 9.59 Å². The number of halogens is 1. The summed E-state index contributed by atoms with van der Waals surface area (Å²) in [5.74, 6) is 0.00198. The molecule has 4 nitrogen and oxygen atoms in total. The first-order valence-electron chi connectivity index (χ1n) is 6.08. The molecule has 1 N–H and O–H groups in total. The van der Waals surface area contributed by atoms with Crippen LogP contribution in [-0.4, -0.2) is 11.8 Å². The third-order valence-corrected chi connectivity index (χ3v) is 3.96. The molecule has 0 saturated carbocycles. The molecule has 2 heterocycles. The third-order valence-electron chi connectivity index (χ3n) is 3.46. The number of nitrogens with one attached hydrogen (secondary N) is 1. The highest BCUT2D eigenvalue weighted by Gasteiger charge is 2.31. The van der Waals surface area contributed by atoms with Gasteiger partial charge in [0.15, 0.2) is 0 Å². The summed E-state index contributed by atoms with van der Waals surface area (Å²) in [7, 11) is 0. The van der Waals surface area contributed by atoms with Gasteiger partial charge >= 0.3 is 0 Å². The smallest absolute Gasteiger partial charge is 0.234 e. The van der Waals surface area contributed by atoms with Crippen LogP contribution in [0.2, 0.25) is 0 Å². The molecule has 1 unspecified atom stereocenters. The summed E-state index contributed by atoms with van der Waals surface area (Å²) in [6.07, 6.45) is 0.912. The van der Waals surface area contributed by atoms with Gasteiger partial charge in [-0.1, -0.05) is 15.9 Å². The van der Waals surface area contributed by atoms with E-state index in [9.17, 15) is 9.59 Å². The zero-order valence-corrected chi connectivity index (χ0v) is 11.9. The van der Waals surface area contributed by atoms with Crippen molar-refractivity contribution in [2.75, 3.05) is 0 Å². The van der Waals surface area contributed by atoms with Gasteiger partial charge < -0.3 is 4.42 Å². The molecule has 2 aromatic rings. The highest BCUT2D eigenvalue weighted by Crippen LogP contribution is 2.36. The van der Waals surface area contributed by atoms with Crippen molar-refractivity contribution in [3.63, 3.8) is 0 Å². The van der Waals surface area contributed by atoms with E-state index in [-0.39, 0.29) is 17.7 Å². The van der Waals surface area contributed by atoms with Gasteiger partial charge in [0.1, 0.15) is 11.3 Å². The average Bonchev–Trinajstić information content (AvgIpc) is 2.65. The molecular weight excluding hydrogens is 310 g/mol. The SMILES string of the molecule is Cc1oc2cc(Br)ccc2c1C1CCC(=O)NC1=O. The maximum atomic E-state index is 12.0. The summed E-state index contributed by atoms with van der Waals surface area (Å²) in [5, 5.41) is 3.33. The Balaban J connectivity index is 2.12. The maximum Gasteiger partial charge on any atom is 0.234 e. The lowest BCUT2D eigenvalue weighted by Crippen LogP contribution is -2.39. The lowest BCUT2D eigenvalue weighted by atomic mass is 9.89. The second kappa shape index (κ2) is 4.49. The number of amides is 2. The minimum absolute atomic E-state index is 0.200. The van der Waals surface area contributed by atoms with Gasteiger partial charge in [0.25, 0.3) is 0 Å². The Labute approximate surface area is 118 Å². The molecule has 0 bridgehead atoms. The number of furan rings is 1. The molecule has 0 aliphatic carbocycles. The summed E-state index contributed by atoms with van der Waals surface area (Å²) in [5.41, 5.74) is 1.65. The van der Waals surface area contributed by atoms with Crippen LogP contribution in [0, 0.1) is 6.92 Å². The molecule has 2 amide bonds. The van der Waals surface area contributed by atoms with Gasteiger partial charge in [-0.05, 0) is 31.5 Å². The Hall–Kier alpha value is -1.62. The Morgan fingerprint density at radius 2 is 2.16 bits per heavy atom. The second-order valence-electron chi connectivity index (χ2n) is 4.72. The normalized spacial score (nSPS) is 19.8. The van der Waals surface area contributed by atoms with Gasteiger partial charge in [0.05, 0.1) is 5.92 Å². The molecule has 0 radical (unpaired) electrons. The molecule has 3 rings (SSSR count). The van der Waals surface area contributed by atoms with Gasteiger partial charge in [-0.25, -0.2) is 0 Å². The van der Waals surface area contributed by atoms with Gasteiger partial charge in [-0.15, -0.1) is 0 Å². The molecule has 1 atom stereocenters. The topological polar surface area (TPSA) is 59.3 Å². The maximum absolute atomic E-state index is 12.0. The number of benzene rings is 1. The summed E-state index contributed by atoms with van der Waals surface area (Å²) in [6, 6.07) is 5.75. The predicted octanol–water partition coefficient (Wildman–Crippen LogP) is 3.02. The predicted molar refractivity (Wildman–Crippen MR) is 73.8 cm³/mol. The van der Waals surface area contributed by atoms with Crippen molar-refractivity contribution in [3.8, 4) is 0 Å². The van der Waals surface area contributed by atoms with Crippen molar-refractivity contribution in [3.05, 3.63) is 34.0 Å². The molecule has 19 heavy (non-hydrogen) atoms. The van der Waals surface area contributed by atoms with Gasteiger partial charge in [0.2, 0.25) is 11.8 Å². The second-order valence-corrected chi connectivity index (χ2v) is 5.63. The standard InChI is InChI=1S/C14H12BrNO3/c1-7-13(10-4-5-12(17)16-14(10)18)9-3-2-8(15)6-11(9)19-7/h2-3,6,10H,4-5H2,1H3,(H,16,17,18). The number of rotatable bonds is 1. The van der Waals surface area contributed by atoms with Crippen LogP contribution < -0.4 is 5.32 Å². The van der Waals surface area contributed by atoms with Crippen molar-refractivity contribution in [1.29, 1.82) is 0 Å². The Bertz CT molecular complexity index is 689. The zero-order valence-electron chi connectivity index (χ0n) is 10.3. The fourth-order valence-corrected chi connectivity index (χ4v) is 2.95. The van der Waals surface area contributed by atoms with E-state index in [0.29, 0.717) is 12.8 Å². The summed E-state index contributed by atoms with van der Waals surface area (Å²) in [4.78, 5) is 23.2. The molecular formula is C14H12BrNO3. The van der Waals surface area contributed by atoms with Crippen molar-refractivity contribution in [2.24, 2.45) is 0 Å². The molecule has 98 valence electrons. The highest BCUT2D eigenvalue weighted by atomic mass is 79.9. The number of aryl methyl sites for hydroxylation is 1. The molecule has 1 aromatic carbocycles. The third kappa shape index (κ3) is 2.08. The Morgan fingerprint density at radius 3 is 2.89 bits per heavy atom. The lowest BCUT2D eigenvalue weighted by Gasteiger charge is -2.20. The number of hydrogen-bond acceptors (Lipinski definition) is 3. The van der Waals surface area contributed by atoms with Gasteiger partial charge in [-0.3, -0.25) is 14.9 Å².